The first kappa shape index (κ1) is 17.1. The summed E-state index contributed by atoms with van der Waals surface area (Å²) in [5.74, 6) is 1.30. The van der Waals surface area contributed by atoms with Gasteiger partial charge >= 0.3 is 6.98 Å². The summed E-state index contributed by atoms with van der Waals surface area (Å²) in [7, 11) is 0. The van der Waals surface area contributed by atoms with E-state index < -0.39 is 0 Å². The molecule has 4 nitrogen and oxygen atoms in total. The zero-order valence-electron chi connectivity index (χ0n) is 15.0. The first-order valence-corrected chi connectivity index (χ1v) is 9.12. The second-order valence-corrected chi connectivity index (χ2v) is 7.29. The summed E-state index contributed by atoms with van der Waals surface area (Å²) in [6, 6.07) is 10.6. The molecular weight excluding hydrogens is 297 g/mol. The fourth-order valence-corrected chi connectivity index (χ4v) is 3.21. The van der Waals surface area contributed by atoms with Crippen LogP contribution in [-0.4, -0.2) is 29.9 Å². The van der Waals surface area contributed by atoms with Gasteiger partial charge in [0.2, 0.25) is 0 Å². The van der Waals surface area contributed by atoms with Crippen LogP contribution in [0, 0.1) is 11.8 Å². The zero-order chi connectivity index (χ0) is 16.9. The number of fused-ring (bicyclic) bond motifs is 3. The maximum Gasteiger partial charge on any atom is 0.396 e. The van der Waals surface area contributed by atoms with Crippen LogP contribution in [0.3, 0.4) is 0 Å². The molecule has 24 heavy (non-hydrogen) atoms. The Kier molecular flexibility index (Phi) is 5.61. The van der Waals surface area contributed by atoms with Crippen molar-refractivity contribution in [2.45, 2.75) is 39.9 Å². The summed E-state index contributed by atoms with van der Waals surface area (Å²) < 4.78 is 7.90. The number of para-hydroxylation sites is 1. The number of anilines is 1. The van der Waals surface area contributed by atoms with E-state index in [0.29, 0.717) is 11.8 Å². The molecule has 0 fully saturated rings. The van der Waals surface area contributed by atoms with Crippen molar-refractivity contribution in [3.63, 3.8) is 0 Å². The van der Waals surface area contributed by atoms with Crippen molar-refractivity contribution >= 4 is 12.7 Å². The summed E-state index contributed by atoms with van der Waals surface area (Å²) in [5, 5.41) is 8.19. The number of nitrogens with zero attached hydrogens (tertiary/aromatic N) is 2. The average Bonchev–Trinajstić information content (AvgIpc) is 3.04. The summed E-state index contributed by atoms with van der Waals surface area (Å²) in [6.07, 6.45) is 5.18. The summed E-state index contributed by atoms with van der Waals surface area (Å²) in [5.41, 5.74) is 3.64. The molecule has 0 bridgehead atoms. The molecule has 0 aliphatic carbocycles. The molecule has 0 saturated heterocycles. The lowest BCUT2D eigenvalue weighted by molar-refractivity contribution is 0.114. The van der Waals surface area contributed by atoms with E-state index in [9.17, 15) is 0 Å². The molecule has 1 atom stereocenters. The van der Waals surface area contributed by atoms with Crippen LogP contribution in [0.25, 0.3) is 11.3 Å². The van der Waals surface area contributed by atoms with Crippen molar-refractivity contribution in [2.24, 2.45) is 11.8 Å². The van der Waals surface area contributed by atoms with Gasteiger partial charge in [0, 0.05) is 30.7 Å². The van der Waals surface area contributed by atoms with Crippen LogP contribution in [0.5, 0.6) is 0 Å². The van der Waals surface area contributed by atoms with E-state index in [0.717, 1.165) is 32.4 Å². The van der Waals surface area contributed by atoms with Crippen molar-refractivity contribution < 1.29 is 4.74 Å². The molecule has 1 aromatic heterocycles. The van der Waals surface area contributed by atoms with E-state index in [1.165, 1.54) is 16.9 Å². The third-order valence-electron chi connectivity index (χ3n) is 4.71. The van der Waals surface area contributed by atoms with Gasteiger partial charge in [-0.15, -0.1) is 0 Å². The average molecular weight is 325 g/mol. The van der Waals surface area contributed by atoms with Gasteiger partial charge in [-0.3, -0.25) is 4.59 Å². The van der Waals surface area contributed by atoms with Gasteiger partial charge in [-0.05, 0) is 43.1 Å². The summed E-state index contributed by atoms with van der Waals surface area (Å²) in [6.45, 7) is 8.72. The van der Waals surface area contributed by atoms with E-state index in [1.54, 1.807) is 0 Å². The summed E-state index contributed by atoms with van der Waals surface area (Å²) in [4.78, 5) is 0. The molecule has 0 saturated carbocycles. The lowest BCUT2D eigenvalue weighted by Gasteiger charge is -2.27. The standard InChI is InChI=1S/C19H28BN3O/c1-15(2)9-12-24-13-10-16(3)14-20-22-18-7-5-4-6-17(18)19-8-11-21-23(19)20/h4-8,11,15-16,22H,9-10,12-14H2,1-3H3. The molecule has 1 aliphatic heterocycles. The maximum absolute atomic E-state index is 5.77. The molecular formula is C19H28BN3O. The quantitative estimate of drug-likeness (QED) is 0.577. The predicted molar refractivity (Wildman–Crippen MR) is 101 cm³/mol. The lowest BCUT2D eigenvalue weighted by atomic mass is 9.65. The number of benzene rings is 1. The minimum atomic E-state index is 0.218. The van der Waals surface area contributed by atoms with Gasteiger partial charge in [0.15, 0.2) is 0 Å². The fourth-order valence-electron chi connectivity index (χ4n) is 3.21. The van der Waals surface area contributed by atoms with Crippen LogP contribution in [-0.2, 0) is 4.74 Å². The van der Waals surface area contributed by atoms with E-state index in [-0.39, 0.29) is 6.98 Å². The van der Waals surface area contributed by atoms with Crippen molar-refractivity contribution in [1.29, 1.82) is 0 Å². The smallest absolute Gasteiger partial charge is 0.396 e. The van der Waals surface area contributed by atoms with Crippen LogP contribution in [0.1, 0.15) is 33.6 Å². The zero-order valence-corrected chi connectivity index (χ0v) is 15.0. The molecule has 0 radical (unpaired) electrons. The van der Waals surface area contributed by atoms with Crippen LogP contribution in [0.4, 0.5) is 5.69 Å². The predicted octanol–water partition coefficient (Wildman–Crippen LogP) is 4.40. The number of aromatic nitrogens is 2. The molecule has 3 rings (SSSR count). The van der Waals surface area contributed by atoms with Gasteiger partial charge in [0.1, 0.15) is 0 Å². The first-order valence-electron chi connectivity index (χ1n) is 9.12. The molecule has 1 aromatic carbocycles. The first-order chi connectivity index (χ1) is 11.6. The molecule has 1 aliphatic rings. The van der Waals surface area contributed by atoms with E-state index in [1.807, 2.05) is 6.20 Å². The monoisotopic (exact) mass is 325 g/mol. The third kappa shape index (κ3) is 4.01. The Bertz CT molecular complexity index is 656. The number of rotatable bonds is 8. The Labute approximate surface area is 145 Å². The van der Waals surface area contributed by atoms with Gasteiger partial charge in [0.25, 0.3) is 0 Å². The number of ether oxygens (including phenoxy) is 1. The van der Waals surface area contributed by atoms with Gasteiger partial charge < -0.3 is 9.96 Å². The third-order valence-corrected chi connectivity index (χ3v) is 4.71. The number of nitrogens with one attached hydrogen (secondary N) is 1. The highest BCUT2D eigenvalue weighted by molar-refractivity contribution is 6.62. The van der Waals surface area contributed by atoms with E-state index in [2.05, 4.69) is 66.0 Å². The van der Waals surface area contributed by atoms with Crippen molar-refractivity contribution in [1.82, 2.24) is 9.69 Å². The number of hydrogen-bond acceptors (Lipinski definition) is 3. The van der Waals surface area contributed by atoms with Crippen molar-refractivity contribution in [3.05, 3.63) is 36.5 Å². The fraction of sp³-hybridized carbons (Fsp3) is 0.526. The lowest BCUT2D eigenvalue weighted by Crippen LogP contribution is -2.39. The number of hydrogen-bond donors (Lipinski definition) is 1. The highest BCUT2D eigenvalue weighted by Gasteiger charge is 2.29. The van der Waals surface area contributed by atoms with E-state index >= 15 is 0 Å². The van der Waals surface area contributed by atoms with E-state index in [4.69, 9.17) is 4.74 Å². The van der Waals surface area contributed by atoms with Crippen LogP contribution >= 0.6 is 0 Å². The highest BCUT2D eigenvalue weighted by atomic mass is 16.5. The van der Waals surface area contributed by atoms with Gasteiger partial charge in [-0.25, -0.2) is 0 Å². The SMILES string of the molecule is CC(C)CCOCCC(C)CB1Nc2ccccc2-c2ccnn21. The van der Waals surface area contributed by atoms with Crippen molar-refractivity contribution in [3.8, 4) is 11.3 Å². The molecule has 128 valence electrons. The normalized spacial score (nSPS) is 14.2. The van der Waals surface area contributed by atoms with Gasteiger partial charge in [-0.2, -0.15) is 5.10 Å². The minimum Gasteiger partial charge on any atom is -0.408 e. The highest BCUT2D eigenvalue weighted by Crippen LogP contribution is 2.33. The summed E-state index contributed by atoms with van der Waals surface area (Å²) >= 11 is 0. The van der Waals surface area contributed by atoms with Gasteiger partial charge in [0.05, 0.1) is 5.69 Å². The molecule has 0 spiro atoms. The minimum absolute atomic E-state index is 0.218. The van der Waals surface area contributed by atoms with Gasteiger partial charge in [-0.1, -0.05) is 39.0 Å². The van der Waals surface area contributed by atoms with Crippen LogP contribution in [0.15, 0.2) is 36.5 Å². The maximum atomic E-state index is 5.77. The molecule has 2 aromatic rings. The second-order valence-electron chi connectivity index (χ2n) is 7.29. The van der Waals surface area contributed by atoms with Crippen LogP contribution in [0.2, 0.25) is 6.32 Å². The largest absolute Gasteiger partial charge is 0.408 e. The molecule has 2 heterocycles. The van der Waals surface area contributed by atoms with Crippen LogP contribution < -0.4 is 5.23 Å². The Morgan fingerprint density at radius 3 is 2.75 bits per heavy atom. The molecule has 1 unspecified atom stereocenters. The second kappa shape index (κ2) is 7.89. The molecule has 0 amide bonds. The Hall–Kier alpha value is -1.75. The topological polar surface area (TPSA) is 39.1 Å². The Morgan fingerprint density at radius 2 is 1.92 bits per heavy atom. The molecule has 1 N–H and O–H groups in total. The molecule has 5 heteroatoms. The Balaban J connectivity index is 1.55. The Morgan fingerprint density at radius 1 is 1.12 bits per heavy atom. The van der Waals surface area contributed by atoms with Crippen molar-refractivity contribution in [2.75, 3.05) is 18.4 Å².